The first-order valence-electron chi connectivity index (χ1n) is 8.69. The Bertz CT molecular complexity index is 965. The lowest BCUT2D eigenvalue weighted by molar-refractivity contribution is -0.117. The van der Waals surface area contributed by atoms with Crippen molar-refractivity contribution in [3.05, 3.63) is 51.9 Å². The summed E-state index contributed by atoms with van der Waals surface area (Å²) in [5.41, 5.74) is 13.0. The van der Waals surface area contributed by atoms with Gasteiger partial charge in [-0.25, -0.2) is 4.99 Å². The largest absolute Gasteiger partial charge is 0.505 e. The van der Waals surface area contributed by atoms with Crippen LogP contribution < -0.4 is 22.1 Å². The van der Waals surface area contributed by atoms with Crippen molar-refractivity contribution in [1.82, 2.24) is 5.32 Å². The molecule has 1 aromatic carbocycles. The van der Waals surface area contributed by atoms with Crippen molar-refractivity contribution in [2.75, 3.05) is 12.3 Å². The van der Waals surface area contributed by atoms with Gasteiger partial charge in [0, 0.05) is 23.2 Å². The van der Waals surface area contributed by atoms with Gasteiger partial charge < -0.3 is 21.9 Å². The number of carbonyl (C=O) groups excluding carboxylic acids is 1. The molecule has 0 saturated heterocycles. The van der Waals surface area contributed by atoms with Crippen LogP contribution in [0.25, 0.3) is 0 Å². The first-order chi connectivity index (χ1) is 13.4. The molecule has 1 aliphatic carbocycles. The number of allylic oxidation sites excluding steroid dienone is 1. The van der Waals surface area contributed by atoms with E-state index in [0.717, 1.165) is 12.8 Å². The zero-order chi connectivity index (χ0) is 20.3. The van der Waals surface area contributed by atoms with Crippen LogP contribution in [0.3, 0.4) is 0 Å². The molecule has 9 heteroatoms. The van der Waals surface area contributed by atoms with Crippen LogP contribution in [-0.2, 0) is 4.79 Å². The molecule has 28 heavy (non-hydrogen) atoms. The predicted octanol–water partition coefficient (Wildman–Crippen LogP) is 2.23. The van der Waals surface area contributed by atoms with Gasteiger partial charge in [-0.3, -0.25) is 10.2 Å². The molecule has 0 spiro atoms. The van der Waals surface area contributed by atoms with E-state index in [1.807, 2.05) is 0 Å². The molecule has 1 amide bonds. The fourth-order valence-corrected chi connectivity index (χ4v) is 3.52. The number of nitrogens with one attached hydrogen (secondary N) is 2. The molecular weight excluding hydrogens is 393 g/mol. The Balaban J connectivity index is 1.98. The fourth-order valence-electron chi connectivity index (χ4n) is 2.52. The summed E-state index contributed by atoms with van der Waals surface area (Å²) in [7, 11) is 2.51. The first kappa shape index (κ1) is 20.0. The number of benzene rings is 1. The number of amidine groups is 1. The van der Waals surface area contributed by atoms with Crippen LogP contribution in [-0.4, -0.2) is 29.1 Å². The van der Waals surface area contributed by atoms with E-state index in [2.05, 4.69) is 19.5 Å². The Morgan fingerprint density at radius 3 is 2.75 bits per heavy atom. The van der Waals surface area contributed by atoms with Crippen molar-refractivity contribution >= 4 is 54.7 Å². The average molecular weight is 415 g/mol. The Hall–Kier alpha value is -2.70. The number of thiophene rings is 1. The van der Waals surface area contributed by atoms with E-state index in [9.17, 15) is 9.90 Å². The third kappa shape index (κ3) is 4.77. The highest BCUT2D eigenvalue weighted by atomic mass is 32.1. The van der Waals surface area contributed by atoms with E-state index in [1.165, 1.54) is 11.3 Å². The number of nitrogens with zero attached hydrogens (tertiary/aromatic N) is 1. The SMILES string of the molecule is N=C(/C(O)=C(\C(=O)NCC1CC1)C(N)=Nc1ccc(N)cc1P)c1ccsc1. The van der Waals surface area contributed by atoms with Gasteiger partial charge in [-0.1, -0.05) is 0 Å². The predicted molar refractivity (Wildman–Crippen MR) is 118 cm³/mol. The minimum Gasteiger partial charge on any atom is -0.505 e. The number of carbonyl (C=O) groups is 1. The molecule has 1 fully saturated rings. The number of rotatable bonds is 7. The second kappa shape index (κ2) is 8.54. The summed E-state index contributed by atoms with van der Waals surface area (Å²) in [4.78, 5) is 17.0. The molecule has 1 aliphatic rings. The maximum absolute atomic E-state index is 12.8. The molecular formula is C19H22N5O2PS. The topological polar surface area (TPSA) is 138 Å². The summed E-state index contributed by atoms with van der Waals surface area (Å²) in [6.07, 6.45) is 2.14. The minimum absolute atomic E-state index is 0.167. The van der Waals surface area contributed by atoms with Crippen LogP contribution in [0.15, 0.2) is 51.4 Å². The number of nitrogens with two attached hydrogens (primary N) is 2. The van der Waals surface area contributed by atoms with Gasteiger partial charge in [0.25, 0.3) is 5.91 Å². The lowest BCUT2D eigenvalue weighted by atomic mass is 10.1. The Morgan fingerprint density at radius 2 is 2.14 bits per heavy atom. The Kier molecular flexibility index (Phi) is 6.11. The number of aliphatic hydroxyl groups excluding tert-OH is 1. The van der Waals surface area contributed by atoms with Gasteiger partial charge in [0.1, 0.15) is 17.1 Å². The number of anilines is 1. The van der Waals surface area contributed by atoms with Gasteiger partial charge in [-0.2, -0.15) is 11.3 Å². The standard InChI is InChI=1S/C19H22N5O2PS/c20-12-3-4-13(14(27)7-12)24-18(22)15(19(26)23-8-10-1-2-10)17(25)16(21)11-5-6-28-9-11/h3-7,9-10,21,25H,1-2,8,20,27H2,(H2,22,24)(H,23,26)/b17-15+,21-16?. The number of aliphatic hydroxyl groups is 1. The minimum atomic E-state index is -0.550. The van der Waals surface area contributed by atoms with Crippen LogP contribution in [0, 0.1) is 11.3 Å². The Morgan fingerprint density at radius 1 is 1.39 bits per heavy atom. The quantitative estimate of drug-likeness (QED) is 0.118. The second-order valence-corrected chi connectivity index (χ2v) is 7.98. The number of nitrogen functional groups attached to an aromatic ring is 1. The van der Waals surface area contributed by atoms with Crippen molar-refractivity contribution in [1.29, 1.82) is 5.41 Å². The van der Waals surface area contributed by atoms with E-state index in [0.29, 0.717) is 34.7 Å². The molecule has 1 saturated carbocycles. The highest BCUT2D eigenvalue weighted by molar-refractivity contribution is 7.28. The normalized spacial score (nSPS) is 15.1. The van der Waals surface area contributed by atoms with Gasteiger partial charge in [0.05, 0.1) is 5.69 Å². The first-order valence-corrected chi connectivity index (χ1v) is 10.2. The van der Waals surface area contributed by atoms with Crippen LogP contribution in [0.2, 0.25) is 0 Å². The van der Waals surface area contributed by atoms with Crippen molar-refractivity contribution in [3.63, 3.8) is 0 Å². The molecule has 7 nitrogen and oxygen atoms in total. The van der Waals surface area contributed by atoms with Gasteiger partial charge >= 0.3 is 0 Å². The summed E-state index contributed by atoms with van der Waals surface area (Å²) in [5.74, 6) is -0.767. The summed E-state index contributed by atoms with van der Waals surface area (Å²) in [5, 5.41) is 25.9. The van der Waals surface area contributed by atoms with Gasteiger partial charge in [0.15, 0.2) is 5.76 Å². The molecule has 0 aliphatic heterocycles. The van der Waals surface area contributed by atoms with Crippen molar-refractivity contribution in [2.24, 2.45) is 16.6 Å². The van der Waals surface area contributed by atoms with Gasteiger partial charge in [-0.05, 0) is 53.7 Å². The lowest BCUT2D eigenvalue weighted by Gasteiger charge is -2.12. The summed E-state index contributed by atoms with van der Waals surface area (Å²) < 4.78 is 0. The zero-order valence-corrected chi connectivity index (χ0v) is 17.1. The molecule has 1 unspecified atom stereocenters. The van der Waals surface area contributed by atoms with E-state index < -0.39 is 11.7 Å². The molecule has 1 atom stereocenters. The van der Waals surface area contributed by atoms with Gasteiger partial charge in [-0.15, -0.1) is 9.24 Å². The molecule has 1 aromatic heterocycles. The molecule has 0 radical (unpaired) electrons. The monoisotopic (exact) mass is 415 g/mol. The van der Waals surface area contributed by atoms with Crippen LogP contribution in [0.4, 0.5) is 11.4 Å². The van der Waals surface area contributed by atoms with E-state index in [-0.39, 0.29) is 17.1 Å². The summed E-state index contributed by atoms with van der Waals surface area (Å²) in [6.45, 7) is 0.505. The molecule has 146 valence electrons. The summed E-state index contributed by atoms with van der Waals surface area (Å²) in [6, 6.07) is 6.74. The van der Waals surface area contributed by atoms with Crippen LogP contribution >= 0.6 is 20.6 Å². The summed E-state index contributed by atoms with van der Waals surface area (Å²) >= 11 is 1.39. The maximum atomic E-state index is 12.8. The van der Waals surface area contributed by atoms with Crippen molar-refractivity contribution in [2.45, 2.75) is 12.8 Å². The zero-order valence-electron chi connectivity index (χ0n) is 15.1. The van der Waals surface area contributed by atoms with Crippen LogP contribution in [0.5, 0.6) is 0 Å². The third-order valence-corrected chi connectivity index (χ3v) is 5.45. The van der Waals surface area contributed by atoms with E-state index in [4.69, 9.17) is 16.9 Å². The molecule has 0 bridgehead atoms. The van der Waals surface area contributed by atoms with E-state index >= 15 is 0 Å². The molecule has 1 heterocycles. The third-order valence-electron chi connectivity index (χ3n) is 4.31. The number of aliphatic imine (C=N–C) groups is 1. The molecule has 3 rings (SSSR count). The number of hydrogen-bond donors (Lipinski definition) is 5. The second-order valence-electron chi connectivity index (χ2n) is 6.58. The van der Waals surface area contributed by atoms with Crippen molar-refractivity contribution < 1.29 is 9.90 Å². The fraction of sp³-hybridized carbons (Fsp3) is 0.211. The van der Waals surface area contributed by atoms with Crippen LogP contribution in [0.1, 0.15) is 18.4 Å². The average Bonchev–Trinajstić information content (AvgIpc) is 3.33. The molecule has 7 N–H and O–H groups in total. The van der Waals surface area contributed by atoms with Gasteiger partial charge in [0.2, 0.25) is 0 Å². The Labute approximate surface area is 169 Å². The number of amides is 1. The van der Waals surface area contributed by atoms with Crippen molar-refractivity contribution in [3.8, 4) is 0 Å². The lowest BCUT2D eigenvalue weighted by Crippen LogP contribution is -2.35. The number of hydrogen-bond acceptors (Lipinski definition) is 6. The maximum Gasteiger partial charge on any atom is 0.258 e. The highest BCUT2D eigenvalue weighted by Gasteiger charge is 2.26. The van der Waals surface area contributed by atoms with E-state index in [1.54, 1.807) is 35.0 Å². The highest BCUT2D eigenvalue weighted by Crippen LogP contribution is 2.27. The smallest absolute Gasteiger partial charge is 0.258 e. The molecule has 2 aromatic rings.